The van der Waals surface area contributed by atoms with Gasteiger partial charge in [-0.25, -0.2) is 17.8 Å². The minimum Gasteiger partial charge on any atom is -0.249 e. The van der Waals surface area contributed by atoms with Gasteiger partial charge in [-0.15, -0.1) is 11.8 Å². The van der Waals surface area contributed by atoms with E-state index in [4.69, 9.17) is 4.78 Å². The Bertz CT molecular complexity index is 672. The van der Waals surface area contributed by atoms with Crippen LogP contribution < -0.4 is 0 Å². The second kappa shape index (κ2) is 7.40. The quantitative estimate of drug-likeness (QED) is 0.834. The summed E-state index contributed by atoms with van der Waals surface area (Å²) in [7, 11) is -2.91. The number of hydrogen-bond donors (Lipinski definition) is 1. The van der Waals surface area contributed by atoms with Crippen molar-refractivity contribution in [2.45, 2.75) is 9.79 Å². The summed E-state index contributed by atoms with van der Waals surface area (Å²) in [6.07, 6.45) is 3.06. The molecular formula is C14H15F2NOS2. The molecule has 108 valence electrons. The molecule has 0 aromatic heterocycles. The van der Waals surface area contributed by atoms with E-state index in [0.29, 0.717) is 4.90 Å². The average Bonchev–Trinajstić information content (AvgIpc) is 2.39. The third-order valence-corrected chi connectivity index (χ3v) is 4.25. The molecule has 1 atom stereocenters. The van der Waals surface area contributed by atoms with E-state index in [-0.39, 0.29) is 10.7 Å². The first-order chi connectivity index (χ1) is 9.36. The van der Waals surface area contributed by atoms with Gasteiger partial charge in [0, 0.05) is 11.2 Å². The van der Waals surface area contributed by atoms with Crippen LogP contribution in [0.15, 0.2) is 58.3 Å². The van der Waals surface area contributed by atoms with E-state index in [2.05, 4.69) is 0 Å². The minimum absolute atomic E-state index is 0.0278. The lowest BCUT2D eigenvalue weighted by atomic mass is 10.4. The molecule has 0 saturated carbocycles. The summed E-state index contributed by atoms with van der Waals surface area (Å²) in [5, 5.41) is 0. The highest BCUT2D eigenvalue weighted by Gasteiger charge is 2.07. The lowest BCUT2D eigenvalue weighted by Crippen LogP contribution is -1.97. The number of benzene rings is 2. The molecule has 0 aliphatic heterocycles. The Kier molecular flexibility index (Phi) is 6.16. The summed E-state index contributed by atoms with van der Waals surface area (Å²) in [6, 6.07) is 12.4. The number of thioether (sulfide) groups is 1. The van der Waals surface area contributed by atoms with Crippen molar-refractivity contribution in [3.8, 4) is 0 Å². The predicted octanol–water partition coefficient (Wildman–Crippen LogP) is 4.41. The van der Waals surface area contributed by atoms with Gasteiger partial charge in [0.25, 0.3) is 0 Å². The van der Waals surface area contributed by atoms with Crippen LogP contribution in [0.25, 0.3) is 0 Å². The molecule has 20 heavy (non-hydrogen) atoms. The van der Waals surface area contributed by atoms with Gasteiger partial charge >= 0.3 is 0 Å². The maximum absolute atomic E-state index is 12.8. The largest absolute Gasteiger partial charge is 0.249 e. The van der Waals surface area contributed by atoms with E-state index in [1.807, 2.05) is 12.3 Å². The lowest BCUT2D eigenvalue weighted by Gasteiger charge is -2.00. The number of nitrogens with one attached hydrogen (secondary N) is 1. The van der Waals surface area contributed by atoms with Gasteiger partial charge in [0.05, 0.1) is 14.6 Å². The topological polar surface area (TPSA) is 40.9 Å². The van der Waals surface area contributed by atoms with Crippen LogP contribution in [0.5, 0.6) is 0 Å². The molecule has 0 saturated heterocycles. The molecule has 0 radical (unpaired) electrons. The van der Waals surface area contributed by atoms with Gasteiger partial charge < -0.3 is 0 Å². The fraction of sp³-hybridized carbons (Fsp3) is 0.143. The molecular weight excluding hydrogens is 300 g/mol. The van der Waals surface area contributed by atoms with E-state index < -0.39 is 15.5 Å². The van der Waals surface area contributed by atoms with Crippen LogP contribution in [0.4, 0.5) is 8.78 Å². The zero-order chi connectivity index (χ0) is 15.2. The minimum atomic E-state index is -2.91. The highest BCUT2D eigenvalue weighted by molar-refractivity contribution is 7.98. The molecule has 2 aromatic rings. The molecule has 0 aliphatic rings. The first-order valence-corrected chi connectivity index (χ1v) is 8.82. The first-order valence-electron chi connectivity index (χ1n) is 5.63. The van der Waals surface area contributed by atoms with Crippen LogP contribution in [0, 0.1) is 16.4 Å². The van der Waals surface area contributed by atoms with Gasteiger partial charge in [-0.1, -0.05) is 24.3 Å². The van der Waals surface area contributed by atoms with Crippen molar-refractivity contribution in [3.63, 3.8) is 0 Å². The van der Waals surface area contributed by atoms with Crippen molar-refractivity contribution < 1.29 is 13.0 Å². The maximum Gasteiger partial charge on any atom is 0.140 e. The van der Waals surface area contributed by atoms with Gasteiger partial charge in [-0.2, -0.15) is 0 Å². The Hall–Kier alpha value is -1.40. The molecule has 0 fully saturated rings. The molecule has 0 amide bonds. The van der Waals surface area contributed by atoms with Crippen molar-refractivity contribution in [1.29, 1.82) is 4.78 Å². The van der Waals surface area contributed by atoms with Crippen LogP contribution in [0.2, 0.25) is 0 Å². The number of rotatable bonds is 2. The van der Waals surface area contributed by atoms with Gasteiger partial charge in [0.15, 0.2) is 0 Å². The number of halogens is 2. The molecule has 2 rings (SSSR count). The fourth-order valence-electron chi connectivity index (χ4n) is 1.37. The van der Waals surface area contributed by atoms with Crippen molar-refractivity contribution in [2.75, 3.05) is 12.5 Å². The summed E-state index contributed by atoms with van der Waals surface area (Å²) in [5.74, 6) is -0.708. The summed E-state index contributed by atoms with van der Waals surface area (Å²) >= 11 is 1.42. The summed E-state index contributed by atoms with van der Waals surface area (Å²) in [4.78, 5) is 0.678. The molecule has 0 spiro atoms. The van der Waals surface area contributed by atoms with Crippen molar-refractivity contribution in [3.05, 3.63) is 60.2 Å². The zero-order valence-electron chi connectivity index (χ0n) is 11.1. The molecule has 0 bridgehead atoms. The third-order valence-electron chi connectivity index (χ3n) is 2.31. The van der Waals surface area contributed by atoms with Gasteiger partial charge in [-0.3, -0.25) is 0 Å². The van der Waals surface area contributed by atoms with Crippen LogP contribution >= 0.6 is 11.8 Å². The average molecular weight is 315 g/mol. The van der Waals surface area contributed by atoms with Crippen molar-refractivity contribution in [2.24, 2.45) is 0 Å². The van der Waals surface area contributed by atoms with Gasteiger partial charge in [0.2, 0.25) is 0 Å². The Morgan fingerprint density at radius 3 is 1.85 bits per heavy atom. The maximum atomic E-state index is 12.8. The van der Waals surface area contributed by atoms with Crippen LogP contribution in [0.1, 0.15) is 0 Å². The van der Waals surface area contributed by atoms with E-state index in [1.54, 1.807) is 18.2 Å². The molecule has 0 heterocycles. The summed E-state index contributed by atoms with van der Waals surface area (Å²) in [6.45, 7) is 0. The van der Waals surface area contributed by atoms with E-state index in [9.17, 15) is 13.0 Å². The van der Waals surface area contributed by atoms with Crippen molar-refractivity contribution >= 4 is 21.5 Å². The predicted molar refractivity (Wildman–Crippen MR) is 79.6 cm³/mol. The highest BCUT2D eigenvalue weighted by atomic mass is 32.2. The molecule has 2 aromatic carbocycles. The Morgan fingerprint density at radius 2 is 1.50 bits per heavy atom. The Balaban J connectivity index is 0.000000204. The second-order valence-electron chi connectivity index (χ2n) is 3.91. The van der Waals surface area contributed by atoms with E-state index >= 15 is 0 Å². The monoisotopic (exact) mass is 315 g/mol. The Labute approximate surface area is 122 Å². The van der Waals surface area contributed by atoms with E-state index in [1.165, 1.54) is 42.3 Å². The third kappa shape index (κ3) is 4.94. The molecule has 1 unspecified atom stereocenters. The standard InChI is InChI=1S/C7H8FNOS.C7H7FS/c1-11(9,10)7-5-3-2-4-6(7)8;1-9-7-5-3-2-4-6(7)8/h2-5,9H,1H3;2-5H,1H3. The molecule has 1 N–H and O–H groups in total. The summed E-state index contributed by atoms with van der Waals surface area (Å²) in [5.41, 5.74) is 0. The smallest absolute Gasteiger partial charge is 0.140 e. The van der Waals surface area contributed by atoms with E-state index in [0.717, 1.165) is 0 Å². The normalized spacial score (nSPS) is 13.0. The zero-order valence-corrected chi connectivity index (χ0v) is 12.7. The van der Waals surface area contributed by atoms with Crippen LogP contribution in [-0.4, -0.2) is 16.7 Å². The molecule has 0 aliphatic carbocycles. The molecule has 2 nitrogen and oxygen atoms in total. The van der Waals surface area contributed by atoms with Crippen LogP contribution in [-0.2, 0) is 9.73 Å². The highest BCUT2D eigenvalue weighted by Crippen LogP contribution is 2.17. The second-order valence-corrected chi connectivity index (χ2v) is 6.88. The molecule has 6 heteroatoms. The SMILES string of the molecule is CS(=N)(=O)c1ccccc1F.CSc1ccccc1F. The fourth-order valence-corrected chi connectivity index (χ4v) is 2.63. The summed E-state index contributed by atoms with van der Waals surface area (Å²) < 4.78 is 43.5. The van der Waals surface area contributed by atoms with Crippen LogP contribution in [0.3, 0.4) is 0 Å². The number of hydrogen-bond acceptors (Lipinski definition) is 3. The van der Waals surface area contributed by atoms with Gasteiger partial charge in [-0.05, 0) is 30.5 Å². The first kappa shape index (κ1) is 16.7. The van der Waals surface area contributed by atoms with Crippen molar-refractivity contribution in [1.82, 2.24) is 0 Å². The Morgan fingerprint density at radius 1 is 1.00 bits per heavy atom. The lowest BCUT2D eigenvalue weighted by molar-refractivity contribution is 0.594. The van der Waals surface area contributed by atoms with Gasteiger partial charge in [0.1, 0.15) is 11.6 Å².